The van der Waals surface area contributed by atoms with Crippen LogP contribution in [0.25, 0.3) is 0 Å². The van der Waals surface area contributed by atoms with Crippen molar-refractivity contribution < 1.29 is 14.3 Å². The number of fused-ring (bicyclic) bond motifs is 2. The van der Waals surface area contributed by atoms with E-state index < -0.39 is 11.6 Å². The molecule has 7 heteroatoms. The fraction of sp³-hybridized carbons (Fsp3) is 0.667. The number of hydrogen-bond acceptors (Lipinski definition) is 5. The SMILES string of the molecule is NC(=O)C1(OCC2CCC(=O)N2)C=CC2CN1CN2. The molecular weight excluding hydrogens is 248 g/mol. The van der Waals surface area contributed by atoms with E-state index in [2.05, 4.69) is 10.6 Å². The molecule has 4 atom stereocenters. The quantitative estimate of drug-likeness (QED) is 0.525. The van der Waals surface area contributed by atoms with Crippen LogP contribution < -0.4 is 16.4 Å². The van der Waals surface area contributed by atoms with Crippen LogP contribution in [-0.4, -0.2) is 54.3 Å². The fourth-order valence-corrected chi connectivity index (χ4v) is 2.81. The smallest absolute Gasteiger partial charge is 0.269 e. The van der Waals surface area contributed by atoms with Crippen LogP contribution in [0.2, 0.25) is 0 Å². The highest BCUT2D eigenvalue weighted by Gasteiger charge is 2.47. The van der Waals surface area contributed by atoms with Crippen LogP contribution in [0.15, 0.2) is 12.2 Å². The number of carbonyl (C=O) groups excluding carboxylic acids is 2. The van der Waals surface area contributed by atoms with Crippen LogP contribution in [0.4, 0.5) is 0 Å². The molecule has 0 saturated carbocycles. The molecular formula is C12H18N4O3. The lowest BCUT2D eigenvalue weighted by atomic mass is 10.0. The van der Waals surface area contributed by atoms with Crippen LogP contribution in [0.1, 0.15) is 12.8 Å². The topological polar surface area (TPSA) is 96.7 Å². The zero-order valence-electron chi connectivity index (χ0n) is 10.6. The first-order valence-corrected chi connectivity index (χ1v) is 6.51. The molecule has 2 fully saturated rings. The van der Waals surface area contributed by atoms with Gasteiger partial charge in [-0.15, -0.1) is 0 Å². The Bertz CT molecular complexity index is 439. The van der Waals surface area contributed by atoms with Crippen molar-refractivity contribution in [2.75, 3.05) is 19.8 Å². The first-order valence-electron chi connectivity index (χ1n) is 6.51. The molecule has 104 valence electrons. The molecule has 2 amide bonds. The Balaban J connectivity index is 1.71. The maximum atomic E-state index is 11.8. The molecule has 19 heavy (non-hydrogen) atoms. The second-order valence-electron chi connectivity index (χ2n) is 5.23. The Morgan fingerprint density at radius 3 is 3.16 bits per heavy atom. The third kappa shape index (κ3) is 2.13. The number of ether oxygens (including phenoxy) is 1. The summed E-state index contributed by atoms with van der Waals surface area (Å²) in [7, 11) is 0. The first kappa shape index (κ1) is 12.6. The van der Waals surface area contributed by atoms with E-state index in [1.807, 2.05) is 11.0 Å². The van der Waals surface area contributed by atoms with E-state index in [0.29, 0.717) is 26.2 Å². The van der Waals surface area contributed by atoms with E-state index in [1.54, 1.807) is 6.08 Å². The Hall–Kier alpha value is -1.44. The van der Waals surface area contributed by atoms with Crippen molar-refractivity contribution in [2.24, 2.45) is 5.73 Å². The Kier molecular flexibility index (Phi) is 3.04. The lowest BCUT2D eigenvalue weighted by Gasteiger charge is -2.38. The van der Waals surface area contributed by atoms with Crippen LogP contribution in [0, 0.1) is 0 Å². The van der Waals surface area contributed by atoms with Gasteiger partial charge in [0.1, 0.15) is 0 Å². The molecule has 3 aliphatic rings. The summed E-state index contributed by atoms with van der Waals surface area (Å²) < 4.78 is 5.80. The van der Waals surface area contributed by atoms with Gasteiger partial charge in [-0.25, -0.2) is 4.90 Å². The van der Waals surface area contributed by atoms with Gasteiger partial charge in [0.2, 0.25) is 11.6 Å². The Labute approximate surface area is 111 Å². The van der Waals surface area contributed by atoms with E-state index in [9.17, 15) is 9.59 Å². The van der Waals surface area contributed by atoms with E-state index in [1.165, 1.54) is 0 Å². The van der Waals surface area contributed by atoms with Gasteiger partial charge in [0, 0.05) is 19.0 Å². The van der Waals surface area contributed by atoms with Crippen molar-refractivity contribution >= 4 is 11.8 Å². The van der Waals surface area contributed by atoms with Gasteiger partial charge in [-0.05, 0) is 12.5 Å². The molecule has 0 aromatic carbocycles. The number of primary amides is 1. The predicted octanol–water partition coefficient (Wildman–Crippen LogP) is -1.74. The molecule has 0 aromatic rings. The monoisotopic (exact) mass is 266 g/mol. The predicted molar refractivity (Wildman–Crippen MR) is 66.7 cm³/mol. The molecule has 0 radical (unpaired) electrons. The van der Waals surface area contributed by atoms with E-state index in [0.717, 1.165) is 6.42 Å². The van der Waals surface area contributed by atoms with Gasteiger partial charge >= 0.3 is 0 Å². The molecule has 4 N–H and O–H groups in total. The number of rotatable bonds is 4. The summed E-state index contributed by atoms with van der Waals surface area (Å²) in [5.74, 6) is -0.487. The largest absolute Gasteiger partial charge is 0.366 e. The lowest BCUT2D eigenvalue weighted by Crippen LogP contribution is -2.59. The molecule has 4 unspecified atom stereocenters. The summed E-state index contributed by atoms with van der Waals surface area (Å²) in [6, 6.07) is 0.215. The highest BCUT2D eigenvalue weighted by molar-refractivity contribution is 5.85. The van der Waals surface area contributed by atoms with Crippen LogP contribution >= 0.6 is 0 Å². The first-order chi connectivity index (χ1) is 9.10. The highest BCUT2D eigenvalue weighted by Crippen LogP contribution is 2.27. The number of hydrogen-bond donors (Lipinski definition) is 3. The standard InChI is InChI=1S/C12H18N4O3/c13-11(18)12(4-3-8-5-16(12)7-14-8)19-6-9-1-2-10(17)15-9/h3-4,8-9,14H,1-2,5-7H2,(H2,13,18)(H,15,17). The molecule has 3 heterocycles. The van der Waals surface area contributed by atoms with Gasteiger partial charge in [0.25, 0.3) is 5.91 Å². The van der Waals surface area contributed by atoms with Gasteiger partial charge in [0.15, 0.2) is 0 Å². The minimum Gasteiger partial charge on any atom is -0.366 e. The zero-order chi connectivity index (χ0) is 13.5. The Morgan fingerprint density at radius 2 is 2.47 bits per heavy atom. The van der Waals surface area contributed by atoms with Crippen molar-refractivity contribution in [3.8, 4) is 0 Å². The van der Waals surface area contributed by atoms with Crippen molar-refractivity contribution in [3.05, 3.63) is 12.2 Å². The lowest BCUT2D eigenvalue weighted by molar-refractivity contribution is -0.162. The summed E-state index contributed by atoms with van der Waals surface area (Å²) in [5, 5.41) is 6.06. The number of nitrogens with zero attached hydrogens (tertiary/aromatic N) is 1. The molecule has 2 saturated heterocycles. The third-order valence-electron chi connectivity index (χ3n) is 3.93. The second kappa shape index (κ2) is 4.59. The van der Waals surface area contributed by atoms with Crippen molar-refractivity contribution in [2.45, 2.75) is 30.7 Å². The number of nitrogens with one attached hydrogen (secondary N) is 2. The van der Waals surface area contributed by atoms with Gasteiger partial charge in [-0.2, -0.15) is 0 Å². The third-order valence-corrected chi connectivity index (χ3v) is 3.93. The second-order valence-corrected chi connectivity index (χ2v) is 5.23. The fourth-order valence-electron chi connectivity index (χ4n) is 2.81. The molecule has 0 aromatic heterocycles. The van der Waals surface area contributed by atoms with Crippen molar-refractivity contribution in [1.82, 2.24) is 15.5 Å². The van der Waals surface area contributed by atoms with E-state index in [-0.39, 0.29) is 18.0 Å². The number of nitrogens with two attached hydrogens (primary N) is 1. The molecule has 0 aliphatic carbocycles. The van der Waals surface area contributed by atoms with Gasteiger partial charge < -0.3 is 15.8 Å². The van der Waals surface area contributed by atoms with Crippen LogP contribution in [-0.2, 0) is 14.3 Å². The molecule has 0 spiro atoms. The highest BCUT2D eigenvalue weighted by atomic mass is 16.5. The average molecular weight is 266 g/mol. The van der Waals surface area contributed by atoms with Crippen molar-refractivity contribution in [3.63, 3.8) is 0 Å². The number of amides is 2. The average Bonchev–Trinajstić information content (AvgIpc) is 2.97. The van der Waals surface area contributed by atoms with Gasteiger partial charge in [-0.3, -0.25) is 14.9 Å². The summed E-state index contributed by atoms with van der Waals surface area (Å²) in [6.07, 6.45) is 4.89. The van der Waals surface area contributed by atoms with E-state index in [4.69, 9.17) is 10.5 Å². The van der Waals surface area contributed by atoms with Crippen LogP contribution in [0.5, 0.6) is 0 Å². The van der Waals surface area contributed by atoms with Crippen molar-refractivity contribution in [1.29, 1.82) is 0 Å². The minimum absolute atomic E-state index is 0.0313. The van der Waals surface area contributed by atoms with Gasteiger partial charge in [0.05, 0.1) is 19.3 Å². The van der Waals surface area contributed by atoms with E-state index >= 15 is 0 Å². The number of carbonyl (C=O) groups is 2. The molecule has 3 aliphatic heterocycles. The molecule has 2 bridgehead atoms. The normalized spacial score (nSPS) is 40.4. The summed E-state index contributed by atoms with van der Waals surface area (Å²) in [5.41, 5.74) is 4.34. The molecule has 7 nitrogen and oxygen atoms in total. The summed E-state index contributed by atoms with van der Waals surface area (Å²) in [4.78, 5) is 24.9. The Morgan fingerprint density at radius 1 is 1.63 bits per heavy atom. The maximum Gasteiger partial charge on any atom is 0.269 e. The van der Waals surface area contributed by atoms with Gasteiger partial charge in [-0.1, -0.05) is 6.08 Å². The minimum atomic E-state index is -1.19. The molecule has 3 rings (SSSR count). The summed E-state index contributed by atoms with van der Waals surface area (Å²) >= 11 is 0. The maximum absolute atomic E-state index is 11.8. The summed E-state index contributed by atoms with van der Waals surface area (Å²) in [6.45, 7) is 1.56. The van der Waals surface area contributed by atoms with Crippen LogP contribution in [0.3, 0.4) is 0 Å². The zero-order valence-corrected chi connectivity index (χ0v) is 10.6.